The lowest BCUT2D eigenvalue weighted by atomic mass is 9.98. The van der Waals surface area contributed by atoms with Gasteiger partial charge in [0.1, 0.15) is 0 Å². The third-order valence-corrected chi connectivity index (χ3v) is 3.34. The molecule has 1 aliphatic heterocycles. The molecule has 0 bridgehead atoms. The van der Waals surface area contributed by atoms with Crippen LogP contribution in [-0.4, -0.2) is 29.7 Å². The number of hydrogen-bond donors (Lipinski definition) is 0. The number of nitrogens with zero attached hydrogens (tertiary/aromatic N) is 1. The second kappa shape index (κ2) is 11.8. The van der Waals surface area contributed by atoms with Gasteiger partial charge in [-0.25, -0.2) is 4.79 Å². The Bertz CT molecular complexity index is 525. The van der Waals surface area contributed by atoms with Crippen LogP contribution in [0.25, 0.3) is 0 Å². The molecule has 0 spiro atoms. The summed E-state index contributed by atoms with van der Waals surface area (Å²) < 4.78 is 15.5. The average molecular weight is 359 g/mol. The summed E-state index contributed by atoms with van der Waals surface area (Å²) in [4.78, 5) is 22.3. The number of ether oxygens (including phenoxy) is 2. The Kier molecular flexibility index (Phi) is 10.9. The molecule has 8 heteroatoms. The van der Waals surface area contributed by atoms with Crippen molar-refractivity contribution in [2.24, 2.45) is 0 Å². The van der Waals surface area contributed by atoms with Gasteiger partial charge in [-0.1, -0.05) is 39.8 Å². The van der Waals surface area contributed by atoms with Crippen molar-refractivity contribution >= 4 is 21.1 Å². The lowest BCUT2D eigenvalue weighted by Crippen LogP contribution is -2.42. The van der Waals surface area contributed by atoms with E-state index in [1.54, 1.807) is 6.07 Å². The molecule has 0 aliphatic carbocycles. The molecule has 1 heterocycles. The van der Waals surface area contributed by atoms with Crippen LogP contribution in [0.15, 0.2) is 24.3 Å². The molecule has 1 aromatic rings. The fraction of sp³-hybridized carbons (Fsp3) is 0.562. The summed E-state index contributed by atoms with van der Waals surface area (Å²) >= 11 is 0. The third-order valence-electron chi connectivity index (χ3n) is 3.10. The van der Waals surface area contributed by atoms with E-state index in [1.807, 2.05) is 27.7 Å². The van der Waals surface area contributed by atoms with Gasteiger partial charge in [-0.2, -0.15) is 0 Å². The van der Waals surface area contributed by atoms with Gasteiger partial charge in [0, 0.05) is 28.4 Å². The molecule has 0 aromatic heterocycles. The molecule has 2 rings (SSSR count). The van der Waals surface area contributed by atoms with Crippen LogP contribution in [0.2, 0.25) is 0 Å². The molecule has 24 heavy (non-hydrogen) atoms. The number of nitro benzene ring substituents is 1. The molecule has 0 radical (unpaired) electrons. The second-order valence-corrected chi connectivity index (χ2v) is 4.66. The Morgan fingerprint density at radius 2 is 1.92 bits per heavy atom. The van der Waals surface area contributed by atoms with Crippen LogP contribution in [-0.2, 0) is 14.1 Å². The number of benzene rings is 1. The third kappa shape index (κ3) is 5.73. The van der Waals surface area contributed by atoms with Crippen LogP contribution < -0.4 is 4.74 Å². The number of para-hydroxylation sites is 2. The first-order valence-electron chi connectivity index (χ1n) is 8.00. The van der Waals surface area contributed by atoms with Crippen molar-refractivity contribution in [1.82, 2.24) is 0 Å². The molecular formula is C16H26NO6P. The van der Waals surface area contributed by atoms with Crippen LogP contribution in [0.3, 0.4) is 0 Å². The van der Waals surface area contributed by atoms with Crippen molar-refractivity contribution in [3.63, 3.8) is 0 Å². The van der Waals surface area contributed by atoms with Crippen molar-refractivity contribution in [3.8, 4) is 5.75 Å². The summed E-state index contributed by atoms with van der Waals surface area (Å²) in [6.45, 7) is 8.50. The summed E-state index contributed by atoms with van der Waals surface area (Å²) in [5.74, 6) is -0.460. The van der Waals surface area contributed by atoms with Gasteiger partial charge in [-0.05, 0) is 6.07 Å². The van der Waals surface area contributed by atoms with Crippen LogP contribution >= 0.6 is 9.47 Å². The Labute approximate surface area is 145 Å². The molecule has 0 saturated carbocycles. The predicted molar refractivity (Wildman–Crippen MR) is 95.0 cm³/mol. The molecule has 0 N–H and O–H groups in total. The first kappa shape index (κ1) is 22.3. The zero-order valence-corrected chi connectivity index (χ0v) is 15.8. The molecule has 1 saturated heterocycles. The van der Waals surface area contributed by atoms with Crippen molar-refractivity contribution in [3.05, 3.63) is 34.4 Å². The number of carbonyl (C=O) groups is 1. The number of nitro groups is 1. The van der Waals surface area contributed by atoms with Gasteiger partial charge in [-0.3, -0.25) is 10.1 Å². The smallest absolute Gasteiger partial charge is 0.350 e. The lowest BCUT2D eigenvalue weighted by Gasteiger charge is -2.25. The molecule has 7 nitrogen and oxygen atoms in total. The molecule has 2 unspecified atom stereocenters. The van der Waals surface area contributed by atoms with E-state index in [0.29, 0.717) is 6.42 Å². The summed E-state index contributed by atoms with van der Waals surface area (Å²) in [5.41, 5.74) is -1.40. The zero-order chi connectivity index (χ0) is 18.6. The lowest BCUT2D eigenvalue weighted by molar-refractivity contribution is -0.386. The maximum atomic E-state index is 11.9. The molecule has 0 amide bonds. The van der Waals surface area contributed by atoms with Gasteiger partial charge in [0.05, 0.1) is 18.1 Å². The van der Waals surface area contributed by atoms with Crippen molar-refractivity contribution in [2.45, 2.75) is 46.1 Å². The van der Waals surface area contributed by atoms with E-state index in [-0.39, 0.29) is 31.1 Å². The van der Waals surface area contributed by atoms with Gasteiger partial charge in [0.15, 0.2) is 5.75 Å². The molecule has 1 fully saturated rings. The monoisotopic (exact) mass is 359 g/mol. The summed E-state index contributed by atoms with van der Waals surface area (Å²) in [6.07, 6.45) is 0.604. The second-order valence-electron chi connectivity index (χ2n) is 4.33. The largest absolute Gasteiger partial charge is 0.468 e. The highest BCUT2D eigenvalue weighted by Gasteiger charge is 2.47. The maximum absolute atomic E-state index is 11.9. The minimum Gasteiger partial charge on any atom is -0.468 e. The number of rotatable bonds is 6. The molecule has 136 valence electrons. The molecule has 2 atom stereocenters. The maximum Gasteiger partial charge on any atom is 0.350 e. The van der Waals surface area contributed by atoms with Gasteiger partial charge >= 0.3 is 11.7 Å². The van der Waals surface area contributed by atoms with E-state index in [4.69, 9.17) is 14.0 Å². The molecule has 1 aromatic carbocycles. The van der Waals surface area contributed by atoms with E-state index in [2.05, 4.69) is 9.47 Å². The van der Waals surface area contributed by atoms with E-state index in [9.17, 15) is 14.9 Å². The fourth-order valence-electron chi connectivity index (χ4n) is 2.04. The fourth-order valence-corrected chi connectivity index (χ4v) is 2.16. The van der Waals surface area contributed by atoms with Crippen LogP contribution in [0.5, 0.6) is 5.75 Å². The normalized spacial score (nSPS) is 18.5. The average Bonchev–Trinajstić information content (AvgIpc) is 2.97. The highest BCUT2D eigenvalue weighted by atomic mass is 31.0. The quantitative estimate of drug-likeness (QED) is 0.331. The summed E-state index contributed by atoms with van der Waals surface area (Å²) in [7, 11) is 2.09. The van der Waals surface area contributed by atoms with Crippen LogP contribution in [0.4, 0.5) is 5.69 Å². The summed E-state index contributed by atoms with van der Waals surface area (Å²) in [5, 5.41) is 11.0. The highest BCUT2D eigenvalue weighted by Crippen LogP contribution is 2.35. The first-order chi connectivity index (χ1) is 11.6. The highest BCUT2D eigenvalue weighted by molar-refractivity contribution is 7.09. The minimum absolute atomic E-state index is 0.0557. The van der Waals surface area contributed by atoms with E-state index < -0.39 is 16.5 Å². The van der Waals surface area contributed by atoms with Crippen molar-refractivity contribution < 1.29 is 23.7 Å². The predicted octanol–water partition coefficient (Wildman–Crippen LogP) is 3.91. The zero-order valence-electron chi connectivity index (χ0n) is 14.6. The number of carbonyl (C=O) groups excluding carboxylic acids is 1. The summed E-state index contributed by atoms with van der Waals surface area (Å²) in [6, 6.07) is 5.95. The number of hydrogen-bond acceptors (Lipinski definition) is 6. The SMILES string of the molecule is CC.CC.O=C1OCCC1(CCOP)Oc1ccccc1[N+](=O)[O-]. The van der Waals surface area contributed by atoms with E-state index in [0.717, 1.165) is 0 Å². The Balaban J connectivity index is 0.00000123. The minimum atomic E-state index is -1.22. The van der Waals surface area contributed by atoms with Crippen molar-refractivity contribution in [2.75, 3.05) is 13.2 Å². The van der Waals surface area contributed by atoms with Gasteiger partial charge in [0.2, 0.25) is 5.60 Å². The van der Waals surface area contributed by atoms with Crippen LogP contribution in [0, 0.1) is 10.1 Å². The molecule has 1 aliphatic rings. The van der Waals surface area contributed by atoms with Gasteiger partial charge in [0.25, 0.3) is 0 Å². The van der Waals surface area contributed by atoms with E-state index >= 15 is 0 Å². The first-order valence-corrected chi connectivity index (χ1v) is 8.47. The Hall–Kier alpha value is -1.72. The van der Waals surface area contributed by atoms with Gasteiger partial charge < -0.3 is 14.0 Å². The topological polar surface area (TPSA) is 87.9 Å². The Morgan fingerprint density at radius 1 is 1.29 bits per heavy atom. The van der Waals surface area contributed by atoms with Crippen molar-refractivity contribution in [1.29, 1.82) is 0 Å². The van der Waals surface area contributed by atoms with Gasteiger partial charge in [-0.15, -0.1) is 0 Å². The van der Waals surface area contributed by atoms with Crippen LogP contribution in [0.1, 0.15) is 40.5 Å². The molecular weight excluding hydrogens is 333 g/mol. The number of cyclic esters (lactones) is 1. The number of esters is 1. The Morgan fingerprint density at radius 3 is 2.42 bits per heavy atom. The van der Waals surface area contributed by atoms with E-state index in [1.165, 1.54) is 18.2 Å². The standard InChI is InChI=1S/C12H14NO6P.2C2H6/c14-11-12(5-7-17-11,6-8-18-20)19-10-4-2-1-3-9(10)13(15)16;2*1-2/h1-4H,5-8,20H2;2*1-2H3.